The minimum Gasteiger partial charge on any atom is -0.454 e. The molecule has 4 atom stereocenters. The Bertz CT molecular complexity index is 730. The summed E-state index contributed by atoms with van der Waals surface area (Å²) < 4.78 is 16.8. The van der Waals surface area contributed by atoms with Gasteiger partial charge in [0.1, 0.15) is 0 Å². The Balaban J connectivity index is 1.73. The van der Waals surface area contributed by atoms with E-state index in [4.69, 9.17) is 14.2 Å². The third-order valence-electron chi connectivity index (χ3n) is 6.45. The predicted octanol–water partition coefficient (Wildman–Crippen LogP) is 1.62. The third-order valence-corrected chi connectivity index (χ3v) is 6.45. The van der Waals surface area contributed by atoms with Crippen LogP contribution in [0.1, 0.15) is 24.0 Å². The third kappa shape index (κ3) is 1.80. The molecule has 24 heavy (non-hydrogen) atoms. The summed E-state index contributed by atoms with van der Waals surface area (Å²) in [5.41, 5.74) is 4.00. The second-order valence-corrected chi connectivity index (χ2v) is 7.49. The van der Waals surface area contributed by atoms with Crippen molar-refractivity contribution in [2.45, 2.75) is 42.9 Å². The Morgan fingerprint density at radius 1 is 1.29 bits per heavy atom. The molecule has 0 saturated carbocycles. The number of benzene rings is 1. The molecule has 1 saturated heterocycles. The summed E-state index contributed by atoms with van der Waals surface area (Å²) in [6, 6.07) is 4.69. The van der Waals surface area contributed by atoms with Crippen molar-refractivity contribution in [3.63, 3.8) is 0 Å². The lowest BCUT2D eigenvalue weighted by molar-refractivity contribution is -0.0235. The van der Waals surface area contributed by atoms with Crippen LogP contribution in [-0.4, -0.2) is 55.8 Å². The van der Waals surface area contributed by atoms with Gasteiger partial charge in [0.15, 0.2) is 11.5 Å². The van der Waals surface area contributed by atoms with Crippen molar-refractivity contribution in [2.24, 2.45) is 0 Å². The molecule has 5 rings (SSSR count). The maximum atomic E-state index is 10.5. The number of aliphatic hydroxyl groups is 1. The lowest BCUT2D eigenvalue weighted by Gasteiger charge is -2.55. The van der Waals surface area contributed by atoms with Crippen LogP contribution in [0.4, 0.5) is 0 Å². The fourth-order valence-electron chi connectivity index (χ4n) is 5.17. The molecule has 4 aliphatic rings. The Labute approximate surface area is 141 Å². The fourth-order valence-corrected chi connectivity index (χ4v) is 5.17. The maximum Gasteiger partial charge on any atom is 0.231 e. The van der Waals surface area contributed by atoms with Gasteiger partial charge in [0.2, 0.25) is 6.79 Å². The Hall–Kier alpha value is -1.56. The number of methoxy groups -OCH3 is 1. The molecule has 128 valence electrons. The van der Waals surface area contributed by atoms with E-state index in [1.165, 1.54) is 16.7 Å². The van der Waals surface area contributed by atoms with E-state index < -0.39 is 6.10 Å². The van der Waals surface area contributed by atoms with Crippen LogP contribution in [0.25, 0.3) is 0 Å². The van der Waals surface area contributed by atoms with Crippen molar-refractivity contribution < 1.29 is 19.3 Å². The molecule has 2 heterocycles. The minimum absolute atomic E-state index is 0.0500. The predicted molar refractivity (Wildman–Crippen MR) is 88.5 cm³/mol. The normalized spacial score (nSPS) is 36.8. The van der Waals surface area contributed by atoms with E-state index in [0.29, 0.717) is 12.8 Å². The minimum atomic E-state index is -0.525. The molecule has 1 aromatic rings. The average Bonchev–Trinajstić information content (AvgIpc) is 3.04. The quantitative estimate of drug-likeness (QED) is 0.794. The number of likely N-dealkylation sites (N-methyl/N-ethyl adjacent to an activating group) is 1. The summed E-state index contributed by atoms with van der Waals surface area (Å²) in [5, 5.41) is 10.5. The Morgan fingerprint density at radius 2 is 2.08 bits per heavy atom. The average molecular weight is 329 g/mol. The van der Waals surface area contributed by atoms with Crippen LogP contribution in [-0.2, 0) is 16.6 Å². The number of piperidine rings is 1. The van der Waals surface area contributed by atoms with Crippen LogP contribution in [0.5, 0.6) is 11.5 Å². The first kappa shape index (κ1) is 14.8. The molecule has 2 aliphatic carbocycles. The van der Waals surface area contributed by atoms with Gasteiger partial charge in [-0.15, -0.1) is 0 Å². The number of aliphatic hydroxyl groups excluding tert-OH is 1. The van der Waals surface area contributed by atoms with Crippen molar-refractivity contribution in [2.75, 3.05) is 27.5 Å². The van der Waals surface area contributed by atoms with Gasteiger partial charge < -0.3 is 19.3 Å². The Kier molecular flexibility index (Phi) is 3.06. The van der Waals surface area contributed by atoms with E-state index >= 15 is 0 Å². The molecule has 0 unspecified atom stereocenters. The topological polar surface area (TPSA) is 51.2 Å². The van der Waals surface area contributed by atoms with Crippen LogP contribution >= 0.6 is 0 Å². The SMILES string of the molecule is CO[C@@H]1C[C@@]23CCN(C)[C@@H](Cc4cc5c(cc42)OCO5)C3=C[C@@H]1O. The van der Waals surface area contributed by atoms with Crippen LogP contribution in [0, 0.1) is 0 Å². The van der Waals surface area contributed by atoms with Crippen LogP contribution in [0.2, 0.25) is 0 Å². The van der Waals surface area contributed by atoms with Gasteiger partial charge in [0, 0.05) is 18.6 Å². The molecular formula is C19H23NO4. The van der Waals surface area contributed by atoms with Gasteiger partial charge in [0.05, 0.1) is 12.2 Å². The standard InChI is InChI=1S/C19H23NO4/c1-20-4-3-19-9-18(22-2)15(21)7-13(19)14(20)5-11-6-16-17(8-12(11)19)24-10-23-16/h6-8,14-15,18,21H,3-5,9-10H2,1-2H3/t14-,15-,18+,19-/m0/s1. The second kappa shape index (κ2) is 4.97. The summed E-state index contributed by atoms with van der Waals surface area (Å²) in [5.74, 6) is 1.71. The van der Waals surface area contributed by atoms with E-state index in [9.17, 15) is 5.11 Å². The van der Waals surface area contributed by atoms with Crippen molar-refractivity contribution in [1.29, 1.82) is 0 Å². The molecule has 0 spiro atoms. The van der Waals surface area contributed by atoms with Gasteiger partial charge in [-0.2, -0.15) is 0 Å². The van der Waals surface area contributed by atoms with E-state index in [1.54, 1.807) is 7.11 Å². The number of rotatable bonds is 1. The highest BCUT2D eigenvalue weighted by atomic mass is 16.7. The molecule has 0 amide bonds. The lowest BCUT2D eigenvalue weighted by atomic mass is 9.56. The number of fused-ring (bicyclic) bond motifs is 2. The summed E-state index contributed by atoms with van der Waals surface area (Å²) >= 11 is 0. The molecule has 1 fully saturated rings. The molecular weight excluding hydrogens is 306 g/mol. The van der Waals surface area contributed by atoms with E-state index in [1.807, 2.05) is 0 Å². The summed E-state index contributed by atoms with van der Waals surface area (Å²) in [4.78, 5) is 2.41. The largest absolute Gasteiger partial charge is 0.454 e. The number of likely N-dealkylation sites (tertiary alicyclic amines) is 1. The Morgan fingerprint density at radius 3 is 2.88 bits per heavy atom. The zero-order valence-electron chi connectivity index (χ0n) is 14.1. The number of nitrogens with zero attached hydrogens (tertiary/aromatic N) is 1. The van der Waals surface area contributed by atoms with Crippen molar-refractivity contribution in [3.8, 4) is 11.5 Å². The van der Waals surface area contributed by atoms with Gasteiger partial charge in [-0.25, -0.2) is 0 Å². The zero-order chi connectivity index (χ0) is 16.5. The highest BCUT2D eigenvalue weighted by Crippen LogP contribution is 2.55. The lowest BCUT2D eigenvalue weighted by Crippen LogP contribution is -2.58. The molecule has 2 bridgehead atoms. The molecule has 0 radical (unpaired) electrons. The van der Waals surface area contributed by atoms with Gasteiger partial charge in [0.25, 0.3) is 0 Å². The van der Waals surface area contributed by atoms with E-state index in [0.717, 1.165) is 37.3 Å². The second-order valence-electron chi connectivity index (χ2n) is 7.49. The fraction of sp³-hybridized carbons (Fsp3) is 0.579. The van der Waals surface area contributed by atoms with Crippen molar-refractivity contribution >= 4 is 0 Å². The van der Waals surface area contributed by atoms with E-state index in [2.05, 4.69) is 30.2 Å². The highest BCUT2D eigenvalue weighted by molar-refractivity contribution is 5.58. The van der Waals surface area contributed by atoms with Crippen LogP contribution < -0.4 is 9.47 Å². The van der Waals surface area contributed by atoms with Crippen molar-refractivity contribution in [3.05, 3.63) is 34.9 Å². The molecule has 0 aromatic heterocycles. The first-order chi connectivity index (χ1) is 11.6. The van der Waals surface area contributed by atoms with Gasteiger partial charge in [-0.1, -0.05) is 6.08 Å². The summed E-state index contributed by atoms with van der Waals surface area (Å²) in [6.07, 6.45) is 4.21. The molecule has 1 N–H and O–H groups in total. The zero-order valence-corrected chi connectivity index (χ0v) is 14.1. The molecule has 1 aromatic carbocycles. The van der Waals surface area contributed by atoms with Crippen LogP contribution in [0.3, 0.4) is 0 Å². The first-order valence-electron chi connectivity index (χ1n) is 8.69. The van der Waals surface area contributed by atoms with Gasteiger partial charge in [-0.3, -0.25) is 4.90 Å². The molecule has 5 nitrogen and oxygen atoms in total. The highest BCUT2D eigenvalue weighted by Gasteiger charge is 2.53. The number of ether oxygens (including phenoxy) is 3. The van der Waals surface area contributed by atoms with Gasteiger partial charge >= 0.3 is 0 Å². The number of hydrogen-bond donors (Lipinski definition) is 1. The molecule has 2 aliphatic heterocycles. The van der Waals surface area contributed by atoms with Gasteiger partial charge in [-0.05, 0) is 61.7 Å². The van der Waals surface area contributed by atoms with Crippen LogP contribution in [0.15, 0.2) is 23.8 Å². The monoisotopic (exact) mass is 329 g/mol. The summed E-state index contributed by atoms with van der Waals surface area (Å²) in [6.45, 7) is 1.36. The first-order valence-corrected chi connectivity index (χ1v) is 8.69. The number of hydrogen-bond acceptors (Lipinski definition) is 5. The smallest absolute Gasteiger partial charge is 0.231 e. The maximum absolute atomic E-state index is 10.5. The summed E-state index contributed by atoms with van der Waals surface area (Å²) in [7, 11) is 3.88. The van der Waals surface area contributed by atoms with E-state index in [-0.39, 0.29) is 11.5 Å². The van der Waals surface area contributed by atoms with Crippen molar-refractivity contribution in [1.82, 2.24) is 4.90 Å². The molecule has 5 heteroatoms.